The number of hydrogen-bond acceptors (Lipinski definition) is 4. The van der Waals surface area contributed by atoms with Gasteiger partial charge in [0.2, 0.25) is 0 Å². The Morgan fingerprint density at radius 1 is 1.30 bits per heavy atom. The molecule has 1 aliphatic heterocycles. The van der Waals surface area contributed by atoms with Crippen LogP contribution in [0.2, 0.25) is 0 Å². The molecule has 0 bridgehead atoms. The van der Waals surface area contributed by atoms with Gasteiger partial charge in [-0.05, 0) is 25.0 Å². The predicted molar refractivity (Wildman–Crippen MR) is 73.0 cm³/mol. The highest BCUT2D eigenvalue weighted by Gasteiger charge is 2.22. The summed E-state index contributed by atoms with van der Waals surface area (Å²) in [4.78, 5) is 14.0. The highest BCUT2D eigenvalue weighted by molar-refractivity contribution is 5.92. The summed E-state index contributed by atoms with van der Waals surface area (Å²) in [5.74, 6) is 0.696. The molecular weight excluding hydrogens is 256 g/mol. The largest absolute Gasteiger partial charge is 0.497 e. The lowest BCUT2D eigenvalue weighted by atomic mass is 10.3. The van der Waals surface area contributed by atoms with Crippen LogP contribution < -0.4 is 4.74 Å². The molecule has 1 aliphatic rings. The summed E-state index contributed by atoms with van der Waals surface area (Å²) >= 11 is 0. The van der Waals surface area contributed by atoms with Gasteiger partial charge in [-0.15, -0.1) is 5.10 Å². The number of likely N-dealkylation sites (tertiary alicyclic amines) is 1. The van der Waals surface area contributed by atoms with Crippen LogP contribution in [0.25, 0.3) is 5.69 Å². The maximum Gasteiger partial charge on any atom is 0.276 e. The molecule has 0 atom stereocenters. The molecule has 6 heteroatoms. The van der Waals surface area contributed by atoms with Crippen LogP contribution in [0, 0.1) is 0 Å². The normalized spacial score (nSPS) is 14.6. The van der Waals surface area contributed by atoms with Crippen molar-refractivity contribution in [2.45, 2.75) is 12.8 Å². The minimum absolute atomic E-state index is 0.0448. The first kappa shape index (κ1) is 12.7. The number of aromatic nitrogens is 3. The van der Waals surface area contributed by atoms with Crippen LogP contribution >= 0.6 is 0 Å². The Morgan fingerprint density at radius 3 is 2.85 bits per heavy atom. The van der Waals surface area contributed by atoms with Crippen LogP contribution in [0.3, 0.4) is 0 Å². The van der Waals surface area contributed by atoms with Gasteiger partial charge in [-0.3, -0.25) is 4.79 Å². The first-order chi connectivity index (χ1) is 9.78. The van der Waals surface area contributed by atoms with Gasteiger partial charge in [-0.25, -0.2) is 4.68 Å². The van der Waals surface area contributed by atoms with Crippen molar-refractivity contribution in [2.75, 3.05) is 20.2 Å². The Balaban J connectivity index is 1.83. The van der Waals surface area contributed by atoms with E-state index in [0.29, 0.717) is 5.69 Å². The van der Waals surface area contributed by atoms with Crippen molar-refractivity contribution in [3.63, 3.8) is 0 Å². The van der Waals surface area contributed by atoms with Gasteiger partial charge in [0.25, 0.3) is 5.91 Å². The first-order valence-corrected chi connectivity index (χ1v) is 6.64. The van der Waals surface area contributed by atoms with Gasteiger partial charge >= 0.3 is 0 Å². The summed E-state index contributed by atoms with van der Waals surface area (Å²) in [6.07, 6.45) is 3.79. The second-order valence-corrected chi connectivity index (χ2v) is 4.75. The van der Waals surface area contributed by atoms with E-state index in [4.69, 9.17) is 4.74 Å². The van der Waals surface area contributed by atoms with Gasteiger partial charge in [0.05, 0.1) is 19.0 Å². The molecule has 0 aliphatic carbocycles. The molecule has 1 aromatic heterocycles. The summed E-state index contributed by atoms with van der Waals surface area (Å²) < 4.78 is 6.76. The fourth-order valence-electron chi connectivity index (χ4n) is 2.32. The van der Waals surface area contributed by atoms with E-state index in [-0.39, 0.29) is 5.91 Å². The molecule has 0 radical (unpaired) electrons. The summed E-state index contributed by atoms with van der Waals surface area (Å²) in [7, 11) is 1.61. The Bertz CT molecular complexity index is 617. The van der Waals surface area contributed by atoms with Crippen LogP contribution in [0.5, 0.6) is 5.75 Å². The molecule has 1 amide bonds. The SMILES string of the molecule is COc1cccc(-n2cc(C(=O)N3CCCC3)nn2)c1. The van der Waals surface area contributed by atoms with Crippen molar-refractivity contribution in [1.29, 1.82) is 0 Å². The second kappa shape index (κ2) is 5.32. The van der Waals surface area contributed by atoms with Gasteiger partial charge < -0.3 is 9.64 Å². The van der Waals surface area contributed by atoms with E-state index in [0.717, 1.165) is 37.4 Å². The van der Waals surface area contributed by atoms with Gasteiger partial charge in [-0.1, -0.05) is 11.3 Å². The molecule has 1 aromatic carbocycles. The fourth-order valence-corrected chi connectivity index (χ4v) is 2.32. The van der Waals surface area contributed by atoms with Crippen LogP contribution in [-0.4, -0.2) is 46.0 Å². The lowest BCUT2D eigenvalue weighted by Gasteiger charge is -2.12. The quantitative estimate of drug-likeness (QED) is 0.849. The number of carbonyl (C=O) groups excluding carboxylic acids is 1. The smallest absolute Gasteiger partial charge is 0.276 e. The van der Waals surface area contributed by atoms with Crippen molar-refractivity contribution in [2.24, 2.45) is 0 Å². The zero-order chi connectivity index (χ0) is 13.9. The molecule has 0 N–H and O–H groups in total. The van der Waals surface area contributed by atoms with E-state index < -0.39 is 0 Å². The third-order valence-electron chi connectivity index (χ3n) is 3.42. The number of hydrogen-bond donors (Lipinski definition) is 0. The zero-order valence-corrected chi connectivity index (χ0v) is 11.3. The molecule has 1 fully saturated rings. The minimum atomic E-state index is -0.0448. The number of benzene rings is 1. The molecule has 20 heavy (non-hydrogen) atoms. The van der Waals surface area contributed by atoms with Crippen molar-refractivity contribution in [3.8, 4) is 11.4 Å². The Labute approximate surface area is 117 Å². The molecule has 104 valence electrons. The first-order valence-electron chi connectivity index (χ1n) is 6.64. The number of rotatable bonds is 3. The molecule has 2 aromatic rings. The third kappa shape index (κ3) is 2.36. The molecule has 0 spiro atoms. The Hall–Kier alpha value is -2.37. The van der Waals surface area contributed by atoms with Crippen molar-refractivity contribution in [3.05, 3.63) is 36.2 Å². The molecule has 6 nitrogen and oxygen atoms in total. The van der Waals surface area contributed by atoms with E-state index in [9.17, 15) is 4.79 Å². The number of carbonyl (C=O) groups is 1. The Kier molecular flexibility index (Phi) is 3.37. The van der Waals surface area contributed by atoms with Crippen LogP contribution in [0.1, 0.15) is 23.3 Å². The van der Waals surface area contributed by atoms with Gasteiger partial charge in [0, 0.05) is 19.2 Å². The summed E-state index contributed by atoms with van der Waals surface area (Å²) in [6.45, 7) is 1.62. The number of ether oxygens (including phenoxy) is 1. The highest BCUT2D eigenvalue weighted by atomic mass is 16.5. The van der Waals surface area contributed by atoms with Crippen molar-refractivity contribution < 1.29 is 9.53 Å². The van der Waals surface area contributed by atoms with Gasteiger partial charge in [0.15, 0.2) is 5.69 Å². The molecule has 3 rings (SSSR count). The van der Waals surface area contributed by atoms with Crippen LogP contribution in [-0.2, 0) is 0 Å². The van der Waals surface area contributed by atoms with E-state index in [2.05, 4.69) is 10.3 Å². The summed E-state index contributed by atoms with van der Waals surface area (Å²) in [5, 5.41) is 7.99. The lowest BCUT2D eigenvalue weighted by Crippen LogP contribution is -2.27. The summed E-state index contributed by atoms with van der Waals surface area (Å²) in [6, 6.07) is 7.47. The monoisotopic (exact) mass is 272 g/mol. The molecule has 0 unspecified atom stereocenters. The van der Waals surface area contributed by atoms with Gasteiger partial charge in [-0.2, -0.15) is 0 Å². The van der Waals surface area contributed by atoms with Crippen molar-refractivity contribution >= 4 is 5.91 Å². The lowest BCUT2D eigenvalue weighted by molar-refractivity contribution is 0.0787. The molecule has 0 saturated carbocycles. The van der Waals surface area contributed by atoms with E-state index in [1.807, 2.05) is 29.2 Å². The highest BCUT2D eigenvalue weighted by Crippen LogP contribution is 2.16. The number of nitrogens with zero attached hydrogens (tertiary/aromatic N) is 4. The van der Waals surface area contributed by atoms with Gasteiger partial charge in [0.1, 0.15) is 5.75 Å². The van der Waals surface area contributed by atoms with Crippen LogP contribution in [0.4, 0.5) is 0 Å². The van der Waals surface area contributed by atoms with E-state index in [1.165, 1.54) is 0 Å². The molecule has 1 saturated heterocycles. The maximum absolute atomic E-state index is 12.2. The molecular formula is C14H16N4O2. The average Bonchev–Trinajstić information content (AvgIpc) is 3.18. The third-order valence-corrected chi connectivity index (χ3v) is 3.42. The average molecular weight is 272 g/mol. The Morgan fingerprint density at radius 2 is 2.10 bits per heavy atom. The standard InChI is InChI=1S/C14H16N4O2/c1-20-12-6-4-5-11(9-12)18-10-13(15-16-18)14(19)17-7-2-3-8-17/h4-6,9-10H,2-3,7-8H2,1H3. The number of methoxy groups -OCH3 is 1. The summed E-state index contributed by atoms with van der Waals surface area (Å²) in [5.41, 5.74) is 1.20. The van der Waals surface area contributed by atoms with Crippen molar-refractivity contribution in [1.82, 2.24) is 19.9 Å². The molecule has 2 heterocycles. The maximum atomic E-state index is 12.2. The van der Waals surface area contributed by atoms with E-state index >= 15 is 0 Å². The topological polar surface area (TPSA) is 60.2 Å². The second-order valence-electron chi connectivity index (χ2n) is 4.75. The van der Waals surface area contributed by atoms with E-state index in [1.54, 1.807) is 18.0 Å². The number of amides is 1. The minimum Gasteiger partial charge on any atom is -0.497 e. The fraction of sp³-hybridized carbons (Fsp3) is 0.357. The zero-order valence-electron chi connectivity index (χ0n) is 11.3. The van der Waals surface area contributed by atoms with Crippen LogP contribution in [0.15, 0.2) is 30.5 Å². The predicted octanol–water partition coefficient (Wildman–Crippen LogP) is 1.51.